The van der Waals surface area contributed by atoms with E-state index < -0.39 is 0 Å². The van der Waals surface area contributed by atoms with Crippen molar-refractivity contribution in [2.45, 2.75) is 52.4 Å². The summed E-state index contributed by atoms with van der Waals surface area (Å²) in [5.41, 5.74) is 0. The molecule has 3 heteroatoms. The SMILES string of the molecule is CC(O)CC[C@H](CC1OCCO1)C(C)C. The Balaban J connectivity index is 2.29. The molecular weight excluding hydrogens is 192 g/mol. The second-order valence-corrected chi connectivity index (χ2v) is 4.84. The maximum atomic E-state index is 9.28. The molecule has 3 nitrogen and oxygen atoms in total. The van der Waals surface area contributed by atoms with Crippen LogP contribution in [0.15, 0.2) is 0 Å². The maximum Gasteiger partial charge on any atom is 0.158 e. The fourth-order valence-corrected chi connectivity index (χ4v) is 1.97. The Bertz CT molecular complexity index is 162. The van der Waals surface area contributed by atoms with E-state index in [4.69, 9.17) is 9.47 Å². The van der Waals surface area contributed by atoms with Crippen LogP contribution in [0.25, 0.3) is 0 Å². The van der Waals surface area contributed by atoms with Crippen LogP contribution in [0.5, 0.6) is 0 Å². The van der Waals surface area contributed by atoms with Crippen molar-refractivity contribution in [2.24, 2.45) is 11.8 Å². The van der Waals surface area contributed by atoms with Crippen LogP contribution in [-0.4, -0.2) is 30.7 Å². The quantitative estimate of drug-likeness (QED) is 0.739. The molecule has 1 unspecified atom stereocenters. The van der Waals surface area contributed by atoms with Crippen LogP contribution >= 0.6 is 0 Å². The first kappa shape index (κ1) is 12.9. The average Bonchev–Trinajstić information content (AvgIpc) is 2.63. The molecule has 0 aliphatic carbocycles. The van der Waals surface area contributed by atoms with Crippen molar-refractivity contribution in [2.75, 3.05) is 13.2 Å². The van der Waals surface area contributed by atoms with Gasteiger partial charge in [-0.2, -0.15) is 0 Å². The van der Waals surface area contributed by atoms with Crippen LogP contribution < -0.4 is 0 Å². The molecule has 1 aliphatic rings. The van der Waals surface area contributed by atoms with Gasteiger partial charge in [0.2, 0.25) is 0 Å². The Morgan fingerprint density at radius 3 is 2.20 bits per heavy atom. The number of aliphatic hydroxyl groups is 1. The first-order chi connectivity index (χ1) is 7.09. The molecule has 0 amide bonds. The molecule has 1 rings (SSSR count). The van der Waals surface area contributed by atoms with E-state index in [1.165, 1.54) is 0 Å². The van der Waals surface area contributed by atoms with Gasteiger partial charge in [-0.25, -0.2) is 0 Å². The smallest absolute Gasteiger partial charge is 0.158 e. The molecule has 0 aromatic rings. The van der Waals surface area contributed by atoms with Gasteiger partial charge < -0.3 is 14.6 Å². The topological polar surface area (TPSA) is 38.7 Å². The third-order valence-corrected chi connectivity index (χ3v) is 3.08. The van der Waals surface area contributed by atoms with E-state index in [-0.39, 0.29) is 12.4 Å². The van der Waals surface area contributed by atoms with Gasteiger partial charge in [0.05, 0.1) is 19.3 Å². The van der Waals surface area contributed by atoms with E-state index in [1.54, 1.807) is 0 Å². The second kappa shape index (κ2) is 6.46. The fourth-order valence-electron chi connectivity index (χ4n) is 1.97. The average molecular weight is 216 g/mol. The minimum absolute atomic E-state index is 0.00796. The predicted octanol–water partition coefficient (Wildman–Crippen LogP) is 2.18. The van der Waals surface area contributed by atoms with Crippen LogP contribution in [0.2, 0.25) is 0 Å². The van der Waals surface area contributed by atoms with E-state index in [0.29, 0.717) is 11.8 Å². The zero-order valence-electron chi connectivity index (χ0n) is 10.1. The fraction of sp³-hybridized carbons (Fsp3) is 1.00. The molecule has 0 aromatic carbocycles. The summed E-state index contributed by atoms with van der Waals surface area (Å²) in [5, 5.41) is 9.28. The molecule has 1 fully saturated rings. The van der Waals surface area contributed by atoms with Crippen molar-refractivity contribution in [1.29, 1.82) is 0 Å². The highest BCUT2D eigenvalue weighted by atomic mass is 16.7. The Labute approximate surface area is 92.8 Å². The van der Waals surface area contributed by atoms with E-state index in [2.05, 4.69) is 13.8 Å². The summed E-state index contributed by atoms with van der Waals surface area (Å²) in [5.74, 6) is 1.21. The molecule has 2 atom stereocenters. The summed E-state index contributed by atoms with van der Waals surface area (Å²) in [6.07, 6.45) is 2.68. The highest BCUT2D eigenvalue weighted by Crippen LogP contribution is 2.26. The molecule has 0 radical (unpaired) electrons. The lowest BCUT2D eigenvalue weighted by Crippen LogP contribution is -2.20. The van der Waals surface area contributed by atoms with Crippen LogP contribution in [-0.2, 0) is 9.47 Å². The van der Waals surface area contributed by atoms with Crippen molar-refractivity contribution in [3.63, 3.8) is 0 Å². The van der Waals surface area contributed by atoms with E-state index in [0.717, 1.165) is 32.5 Å². The minimum atomic E-state index is -0.198. The number of hydrogen-bond donors (Lipinski definition) is 1. The second-order valence-electron chi connectivity index (χ2n) is 4.84. The van der Waals surface area contributed by atoms with E-state index >= 15 is 0 Å². The van der Waals surface area contributed by atoms with Crippen molar-refractivity contribution in [1.82, 2.24) is 0 Å². The van der Waals surface area contributed by atoms with Crippen LogP contribution in [0.4, 0.5) is 0 Å². The first-order valence-corrected chi connectivity index (χ1v) is 6.01. The summed E-state index contributed by atoms with van der Waals surface area (Å²) < 4.78 is 10.9. The summed E-state index contributed by atoms with van der Waals surface area (Å²) in [4.78, 5) is 0. The van der Waals surface area contributed by atoms with Crippen LogP contribution in [0, 0.1) is 11.8 Å². The molecule has 0 bridgehead atoms. The Morgan fingerprint density at radius 1 is 1.13 bits per heavy atom. The molecule has 0 spiro atoms. The number of rotatable bonds is 6. The Morgan fingerprint density at radius 2 is 1.73 bits per heavy atom. The lowest BCUT2D eigenvalue weighted by molar-refractivity contribution is -0.0623. The summed E-state index contributed by atoms with van der Waals surface area (Å²) in [6.45, 7) is 7.75. The van der Waals surface area contributed by atoms with Gasteiger partial charge in [-0.1, -0.05) is 13.8 Å². The highest BCUT2D eigenvalue weighted by Gasteiger charge is 2.23. The van der Waals surface area contributed by atoms with Gasteiger partial charge in [0.15, 0.2) is 6.29 Å². The molecule has 1 N–H and O–H groups in total. The van der Waals surface area contributed by atoms with Crippen molar-refractivity contribution >= 4 is 0 Å². The molecule has 0 aromatic heterocycles. The standard InChI is InChI=1S/C12H24O3/c1-9(2)11(5-4-10(3)13)8-12-14-6-7-15-12/h9-13H,4-8H2,1-3H3/t10?,11-/m1/s1. The highest BCUT2D eigenvalue weighted by molar-refractivity contribution is 4.68. The summed E-state index contributed by atoms with van der Waals surface area (Å²) >= 11 is 0. The molecule has 1 heterocycles. The normalized spacial score (nSPS) is 22.2. The zero-order valence-corrected chi connectivity index (χ0v) is 10.1. The first-order valence-electron chi connectivity index (χ1n) is 6.01. The molecule has 15 heavy (non-hydrogen) atoms. The van der Waals surface area contributed by atoms with Gasteiger partial charge >= 0.3 is 0 Å². The van der Waals surface area contributed by atoms with Crippen molar-refractivity contribution in [3.05, 3.63) is 0 Å². The van der Waals surface area contributed by atoms with Gasteiger partial charge in [0, 0.05) is 6.42 Å². The lowest BCUT2D eigenvalue weighted by atomic mass is 9.87. The van der Waals surface area contributed by atoms with Gasteiger partial charge in [-0.3, -0.25) is 0 Å². The Hall–Kier alpha value is -0.120. The van der Waals surface area contributed by atoms with Gasteiger partial charge in [-0.05, 0) is 31.6 Å². The van der Waals surface area contributed by atoms with Crippen molar-refractivity contribution < 1.29 is 14.6 Å². The zero-order chi connectivity index (χ0) is 11.3. The van der Waals surface area contributed by atoms with Gasteiger partial charge in [0.25, 0.3) is 0 Å². The van der Waals surface area contributed by atoms with Gasteiger partial charge in [-0.15, -0.1) is 0 Å². The van der Waals surface area contributed by atoms with Gasteiger partial charge in [0.1, 0.15) is 0 Å². The predicted molar refractivity (Wildman–Crippen MR) is 59.6 cm³/mol. The monoisotopic (exact) mass is 216 g/mol. The molecule has 1 aliphatic heterocycles. The van der Waals surface area contributed by atoms with Crippen LogP contribution in [0.1, 0.15) is 40.0 Å². The Kier molecular flexibility index (Phi) is 5.58. The molecule has 0 saturated carbocycles. The lowest BCUT2D eigenvalue weighted by Gasteiger charge is -2.23. The molecule has 1 saturated heterocycles. The number of hydrogen-bond acceptors (Lipinski definition) is 3. The summed E-state index contributed by atoms with van der Waals surface area (Å²) in [7, 11) is 0. The summed E-state index contributed by atoms with van der Waals surface area (Å²) in [6, 6.07) is 0. The third-order valence-electron chi connectivity index (χ3n) is 3.08. The molecular formula is C12H24O3. The minimum Gasteiger partial charge on any atom is -0.393 e. The molecule has 90 valence electrons. The largest absolute Gasteiger partial charge is 0.393 e. The number of ether oxygens (including phenoxy) is 2. The van der Waals surface area contributed by atoms with Crippen LogP contribution in [0.3, 0.4) is 0 Å². The van der Waals surface area contributed by atoms with Crippen molar-refractivity contribution in [3.8, 4) is 0 Å². The van der Waals surface area contributed by atoms with E-state index in [9.17, 15) is 5.11 Å². The number of aliphatic hydroxyl groups excluding tert-OH is 1. The van der Waals surface area contributed by atoms with E-state index in [1.807, 2.05) is 6.92 Å². The third kappa shape index (κ3) is 4.96. The maximum absolute atomic E-state index is 9.28.